The molecule has 3 heterocycles. The molecule has 0 radical (unpaired) electrons. The fourth-order valence-corrected chi connectivity index (χ4v) is 4.16. The van der Waals surface area contributed by atoms with Gasteiger partial charge in [0.25, 0.3) is 6.48 Å². The Morgan fingerprint density at radius 1 is 0.710 bits per heavy atom. The van der Waals surface area contributed by atoms with Crippen molar-refractivity contribution in [2.45, 2.75) is 43.1 Å². The molecule has 10 heteroatoms. The van der Waals surface area contributed by atoms with Crippen LogP contribution in [0.25, 0.3) is 0 Å². The maximum atomic E-state index is 12.6. The number of esters is 2. The summed E-state index contributed by atoms with van der Waals surface area (Å²) in [4.78, 5) is 25.3. The molecule has 0 spiro atoms. The van der Waals surface area contributed by atoms with Crippen molar-refractivity contribution in [2.75, 3.05) is 0 Å². The van der Waals surface area contributed by atoms with Gasteiger partial charge >= 0.3 is 11.9 Å². The van der Waals surface area contributed by atoms with E-state index in [1.54, 1.807) is 24.3 Å². The van der Waals surface area contributed by atoms with Crippen molar-refractivity contribution in [3.05, 3.63) is 69.7 Å². The zero-order chi connectivity index (χ0) is 21.7. The molecule has 1 aliphatic carbocycles. The Balaban J connectivity index is 1.37. The highest BCUT2D eigenvalue weighted by molar-refractivity contribution is 6.31. The Morgan fingerprint density at radius 3 is 1.52 bits per heavy atom. The molecule has 3 saturated heterocycles. The Morgan fingerprint density at radius 2 is 1.10 bits per heavy atom. The van der Waals surface area contributed by atoms with Crippen molar-refractivity contribution in [3.63, 3.8) is 0 Å². The third-order valence-corrected chi connectivity index (χ3v) is 5.92. The number of rotatable bonds is 4. The van der Waals surface area contributed by atoms with E-state index >= 15 is 0 Å². The third-order valence-electron chi connectivity index (χ3n) is 5.42. The van der Waals surface area contributed by atoms with Crippen molar-refractivity contribution >= 4 is 35.1 Å². The van der Waals surface area contributed by atoms with Crippen LogP contribution in [0.5, 0.6) is 0 Å². The fraction of sp³-hybridized carbons (Fsp3) is 0.333. The lowest BCUT2D eigenvalue weighted by Crippen LogP contribution is -2.76. The number of carbonyl (C=O) groups is 2. The number of benzene rings is 2. The summed E-state index contributed by atoms with van der Waals surface area (Å²) in [5.41, 5.74) is 0.525. The Labute approximate surface area is 186 Å². The standard InChI is InChI=1S/C21H16Cl2O8/c22-11-5-1-9(2-6-11)19(25)27-16-14-13(24)15-17(18(16)31-21(29-14)30-15)28-20(26)10-3-7-12(23)8-4-10/h1-8,13-18,21,24H/t13?,14-,15+,16-,17-,18?,21?/m0/s1. The number of ether oxygens (including phenoxy) is 5. The molecule has 4 fully saturated rings. The fourth-order valence-electron chi connectivity index (χ4n) is 3.91. The number of aliphatic hydroxyl groups is 1. The van der Waals surface area contributed by atoms with Gasteiger partial charge in [-0.3, -0.25) is 0 Å². The summed E-state index contributed by atoms with van der Waals surface area (Å²) in [6.07, 6.45) is -5.87. The van der Waals surface area contributed by atoms with Gasteiger partial charge in [-0.15, -0.1) is 0 Å². The van der Waals surface area contributed by atoms with E-state index in [1.165, 1.54) is 24.3 Å². The number of hydrogen-bond donors (Lipinski definition) is 1. The maximum Gasteiger partial charge on any atom is 0.338 e. The minimum Gasteiger partial charge on any atom is -0.453 e. The van der Waals surface area contributed by atoms with E-state index in [0.29, 0.717) is 10.0 Å². The topological polar surface area (TPSA) is 101 Å². The summed E-state index contributed by atoms with van der Waals surface area (Å²) in [5.74, 6) is -1.31. The lowest BCUT2D eigenvalue weighted by Gasteiger charge is -2.56. The van der Waals surface area contributed by atoms with Crippen LogP contribution in [0.3, 0.4) is 0 Å². The predicted octanol–water partition coefficient (Wildman–Crippen LogP) is 2.59. The number of hydrogen-bond acceptors (Lipinski definition) is 8. The second-order valence-corrected chi connectivity index (χ2v) is 8.21. The molecule has 0 aromatic heterocycles. The summed E-state index contributed by atoms with van der Waals surface area (Å²) >= 11 is 11.7. The van der Waals surface area contributed by atoms with Gasteiger partial charge in [-0.05, 0) is 48.5 Å². The van der Waals surface area contributed by atoms with Crippen LogP contribution >= 0.6 is 23.2 Å². The normalized spacial score (nSPS) is 33.2. The monoisotopic (exact) mass is 466 g/mol. The SMILES string of the molecule is O=C(O[C@@H]1C2OC3O[C@@H]1C(O)[C@H](O3)[C@@H]2OC(=O)c1ccc(Cl)cc1)c1ccc(Cl)cc1. The van der Waals surface area contributed by atoms with Gasteiger partial charge in [0.2, 0.25) is 0 Å². The second-order valence-electron chi connectivity index (χ2n) is 7.33. The van der Waals surface area contributed by atoms with Crippen molar-refractivity contribution in [1.29, 1.82) is 0 Å². The molecule has 0 amide bonds. The number of aliphatic hydroxyl groups excluding tert-OH is 1. The molecule has 162 valence electrons. The molecule has 6 rings (SSSR count). The summed E-state index contributed by atoms with van der Waals surface area (Å²) in [6, 6.07) is 12.3. The average molecular weight is 467 g/mol. The van der Waals surface area contributed by atoms with Gasteiger partial charge in [-0.2, -0.15) is 0 Å². The van der Waals surface area contributed by atoms with E-state index in [9.17, 15) is 14.7 Å². The van der Waals surface area contributed by atoms with E-state index in [2.05, 4.69) is 0 Å². The summed E-state index contributed by atoms with van der Waals surface area (Å²) < 4.78 is 27.9. The van der Waals surface area contributed by atoms with Crippen molar-refractivity contribution in [2.24, 2.45) is 0 Å². The second kappa shape index (κ2) is 8.05. The van der Waals surface area contributed by atoms with Crippen LogP contribution in [0.1, 0.15) is 20.7 Å². The lowest BCUT2D eigenvalue weighted by atomic mass is 9.82. The zero-order valence-corrected chi connectivity index (χ0v) is 17.2. The van der Waals surface area contributed by atoms with Gasteiger partial charge in [0.05, 0.1) is 11.1 Å². The first-order valence-corrected chi connectivity index (χ1v) is 10.2. The van der Waals surface area contributed by atoms with Crippen LogP contribution in [-0.2, 0) is 23.7 Å². The molecule has 8 nitrogen and oxygen atoms in total. The summed E-state index contributed by atoms with van der Waals surface area (Å²) in [6.45, 7) is -1.04. The first-order chi connectivity index (χ1) is 14.9. The van der Waals surface area contributed by atoms with Gasteiger partial charge in [0.1, 0.15) is 24.4 Å². The van der Waals surface area contributed by atoms with Crippen molar-refractivity contribution in [3.8, 4) is 0 Å². The molecule has 4 aliphatic rings. The largest absolute Gasteiger partial charge is 0.453 e. The van der Waals surface area contributed by atoms with Gasteiger partial charge < -0.3 is 28.8 Å². The predicted molar refractivity (Wildman–Crippen MR) is 106 cm³/mol. The molecule has 4 bridgehead atoms. The smallest absolute Gasteiger partial charge is 0.338 e. The van der Waals surface area contributed by atoms with E-state index in [-0.39, 0.29) is 11.1 Å². The highest BCUT2D eigenvalue weighted by atomic mass is 35.5. The van der Waals surface area contributed by atoms with E-state index in [1.807, 2.05) is 0 Å². The highest BCUT2D eigenvalue weighted by Crippen LogP contribution is 2.42. The van der Waals surface area contributed by atoms with Crippen LogP contribution in [0.2, 0.25) is 10.0 Å². The molecular weight excluding hydrogens is 451 g/mol. The van der Waals surface area contributed by atoms with Crippen molar-refractivity contribution in [1.82, 2.24) is 0 Å². The minimum absolute atomic E-state index is 0.263. The summed E-state index contributed by atoms with van der Waals surface area (Å²) in [5, 5.41) is 11.6. The summed E-state index contributed by atoms with van der Waals surface area (Å²) in [7, 11) is 0. The van der Waals surface area contributed by atoms with E-state index < -0.39 is 55.0 Å². The molecule has 1 saturated carbocycles. The molecule has 31 heavy (non-hydrogen) atoms. The first kappa shape index (κ1) is 20.7. The van der Waals surface area contributed by atoms with Crippen LogP contribution in [0.4, 0.5) is 0 Å². The Hall–Kier alpha value is -2.20. The van der Waals surface area contributed by atoms with Crippen LogP contribution in [-0.4, -0.2) is 60.1 Å². The molecule has 1 N–H and O–H groups in total. The van der Waals surface area contributed by atoms with Gasteiger partial charge in [0.15, 0.2) is 12.2 Å². The van der Waals surface area contributed by atoms with Crippen LogP contribution in [0, 0.1) is 0 Å². The zero-order valence-electron chi connectivity index (χ0n) is 15.7. The third kappa shape index (κ3) is 3.80. The maximum absolute atomic E-state index is 12.6. The molecular formula is C21H16Cl2O8. The highest BCUT2D eigenvalue weighted by Gasteiger charge is 2.64. The molecule has 3 aliphatic heterocycles. The minimum atomic E-state index is -1.19. The quantitative estimate of drug-likeness (QED) is 0.686. The molecule has 7 atom stereocenters. The van der Waals surface area contributed by atoms with Crippen LogP contribution < -0.4 is 0 Å². The first-order valence-electron chi connectivity index (χ1n) is 9.48. The van der Waals surface area contributed by atoms with E-state index in [4.69, 9.17) is 46.9 Å². The molecule has 3 unspecified atom stereocenters. The Bertz CT molecular complexity index is 918. The van der Waals surface area contributed by atoms with Crippen LogP contribution in [0.15, 0.2) is 48.5 Å². The molecule has 2 aromatic carbocycles. The number of carbonyl (C=O) groups excluding carboxylic acids is 2. The lowest BCUT2D eigenvalue weighted by molar-refractivity contribution is -0.479. The van der Waals surface area contributed by atoms with Crippen molar-refractivity contribution < 1.29 is 38.4 Å². The molecule has 2 aromatic rings. The van der Waals surface area contributed by atoms with Gasteiger partial charge in [-0.1, -0.05) is 23.2 Å². The average Bonchev–Trinajstić information content (AvgIpc) is 2.76. The van der Waals surface area contributed by atoms with Gasteiger partial charge in [0, 0.05) is 10.0 Å². The Kier molecular flexibility index (Phi) is 5.37. The number of halogens is 2. The van der Waals surface area contributed by atoms with Gasteiger partial charge in [-0.25, -0.2) is 9.59 Å². The van der Waals surface area contributed by atoms with E-state index in [0.717, 1.165) is 0 Å².